The first-order valence-electron chi connectivity index (χ1n) is 4.28. The van der Waals surface area contributed by atoms with Crippen molar-refractivity contribution in [3.05, 3.63) is 50.5 Å². The standard InChI is InChI=1S/C10H5Cl2FN2O/c11-6-4-7(12)8(13)3-5(6)9-1-2-10(16)15-14-9/h1-4H,(H,15,16). The van der Waals surface area contributed by atoms with Crippen LogP contribution in [0, 0.1) is 5.82 Å². The molecule has 0 saturated heterocycles. The summed E-state index contributed by atoms with van der Waals surface area (Å²) in [5.74, 6) is -0.589. The fourth-order valence-corrected chi connectivity index (χ4v) is 1.69. The summed E-state index contributed by atoms with van der Waals surface area (Å²) >= 11 is 11.5. The van der Waals surface area contributed by atoms with Gasteiger partial charge in [-0.05, 0) is 18.2 Å². The molecular weight excluding hydrogens is 254 g/mol. The van der Waals surface area contributed by atoms with Crippen molar-refractivity contribution < 1.29 is 4.39 Å². The average molecular weight is 259 g/mol. The lowest BCUT2D eigenvalue weighted by Crippen LogP contribution is -2.05. The first-order valence-corrected chi connectivity index (χ1v) is 5.04. The van der Waals surface area contributed by atoms with E-state index in [1.807, 2.05) is 0 Å². The number of H-pyrrole nitrogens is 1. The summed E-state index contributed by atoms with van der Waals surface area (Å²) in [6, 6.07) is 5.20. The third kappa shape index (κ3) is 2.08. The van der Waals surface area contributed by atoms with E-state index in [2.05, 4.69) is 10.2 Å². The van der Waals surface area contributed by atoms with Crippen molar-refractivity contribution in [2.45, 2.75) is 0 Å². The van der Waals surface area contributed by atoms with E-state index in [-0.39, 0.29) is 15.6 Å². The highest BCUT2D eigenvalue weighted by molar-refractivity contribution is 6.36. The van der Waals surface area contributed by atoms with Gasteiger partial charge in [-0.15, -0.1) is 0 Å². The zero-order chi connectivity index (χ0) is 11.7. The Bertz CT molecular complexity index is 577. The largest absolute Gasteiger partial charge is 0.268 e. The van der Waals surface area contributed by atoms with Crippen LogP contribution in [0.4, 0.5) is 4.39 Å². The highest BCUT2D eigenvalue weighted by Gasteiger charge is 2.10. The van der Waals surface area contributed by atoms with Gasteiger partial charge >= 0.3 is 0 Å². The summed E-state index contributed by atoms with van der Waals surface area (Å²) in [7, 11) is 0. The summed E-state index contributed by atoms with van der Waals surface area (Å²) < 4.78 is 13.2. The van der Waals surface area contributed by atoms with Crippen LogP contribution < -0.4 is 5.56 Å². The number of aromatic amines is 1. The lowest BCUT2D eigenvalue weighted by atomic mass is 10.1. The molecule has 1 N–H and O–H groups in total. The summed E-state index contributed by atoms with van der Waals surface area (Å²) in [4.78, 5) is 10.8. The molecule has 0 aliphatic heterocycles. The first-order chi connectivity index (χ1) is 7.58. The molecule has 0 fully saturated rings. The Kier molecular flexibility index (Phi) is 2.94. The van der Waals surface area contributed by atoms with E-state index in [9.17, 15) is 9.18 Å². The lowest BCUT2D eigenvalue weighted by molar-refractivity contribution is 0.628. The molecule has 0 spiro atoms. The fraction of sp³-hybridized carbons (Fsp3) is 0. The van der Waals surface area contributed by atoms with Gasteiger partial charge in [-0.25, -0.2) is 9.49 Å². The molecule has 3 nitrogen and oxygen atoms in total. The van der Waals surface area contributed by atoms with Crippen LogP contribution in [0.25, 0.3) is 11.3 Å². The van der Waals surface area contributed by atoms with Crippen molar-refractivity contribution in [3.8, 4) is 11.3 Å². The Morgan fingerprint density at radius 1 is 1.19 bits per heavy atom. The van der Waals surface area contributed by atoms with Crippen molar-refractivity contribution in [3.63, 3.8) is 0 Å². The van der Waals surface area contributed by atoms with E-state index < -0.39 is 5.82 Å². The van der Waals surface area contributed by atoms with Gasteiger partial charge in [0.05, 0.1) is 15.7 Å². The molecule has 0 saturated carbocycles. The number of hydrogen-bond donors (Lipinski definition) is 1. The molecule has 16 heavy (non-hydrogen) atoms. The van der Waals surface area contributed by atoms with Crippen molar-refractivity contribution >= 4 is 23.2 Å². The Hall–Kier alpha value is -1.39. The van der Waals surface area contributed by atoms with Crippen molar-refractivity contribution in [1.29, 1.82) is 0 Å². The molecule has 1 aromatic carbocycles. The van der Waals surface area contributed by atoms with Gasteiger partial charge in [0.2, 0.25) is 0 Å². The minimum Gasteiger partial charge on any atom is -0.268 e. The maximum Gasteiger partial charge on any atom is 0.264 e. The van der Waals surface area contributed by atoms with Gasteiger partial charge in [-0.1, -0.05) is 23.2 Å². The van der Waals surface area contributed by atoms with Crippen LogP contribution in [0.5, 0.6) is 0 Å². The molecule has 0 bridgehead atoms. The molecule has 0 aliphatic carbocycles. The van der Waals surface area contributed by atoms with Crippen LogP contribution in [0.15, 0.2) is 29.1 Å². The SMILES string of the molecule is O=c1ccc(-c2cc(F)c(Cl)cc2Cl)n[nH]1. The molecule has 1 heterocycles. The number of hydrogen-bond acceptors (Lipinski definition) is 2. The predicted molar refractivity (Wildman–Crippen MR) is 60.3 cm³/mol. The molecule has 1 aromatic heterocycles. The highest BCUT2D eigenvalue weighted by Crippen LogP contribution is 2.30. The van der Waals surface area contributed by atoms with Gasteiger partial charge in [0.15, 0.2) is 0 Å². The predicted octanol–water partition coefficient (Wildman–Crippen LogP) is 2.88. The Morgan fingerprint density at radius 3 is 2.56 bits per heavy atom. The first kappa shape index (κ1) is 11.1. The lowest BCUT2D eigenvalue weighted by Gasteiger charge is -2.04. The quantitative estimate of drug-likeness (QED) is 0.800. The number of benzene rings is 1. The second-order valence-electron chi connectivity index (χ2n) is 3.05. The third-order valence-electron chi connectivity index (χ3n) is 1.97. The van der Waals surface area contributed by atoms with Crippen molar-refractivity contribution in [2.24, 2.45) is 0 Å². The zero-order valence-electron chi connectivity index (χ0n) is 7.80. The topological polar surface area (TPSA) is 45.8 Å². The van der Waals surface area contributed by atoms with E-state index in [1.54, 1.807) is 0 Å². The number of aromatic nitrogens is 2. The van der Waals surface area contributed by atoms with Crippen LogP contribution in [0.2, 0.25) is 10.0 Å². The smallest absolute Gasteiger partial charge is 0.264 e. The van der Waals surface area contributed by atoms with Crippen molar-refractivity contribution in [2.75, 3.05) is 0 Å². The van der Waals surface area contributed by atoms with Crippen LogP contribution in [-0.2, 0) is 0 Å². The molecule has 82 valence electrons. The molecule has 0 aliphatic rings. The van der Waals surface area contributed by atoms with E-state index in [1.165, 1.54) is 24.3 Å². The van der Waals surface area contributed by atoms with E-state index in [4.69, 9.17) is 23.2 Å². The normalized spacial score (nSPS) is 10.4. The van der Waals surface area contributed by atoms with Gasteiger partial charge in [-0.2, -0.15) is 5.10 Å². The molecule has 6 heteroatoms. The minimum absolute atomic E-state index is 0.0572. The maximum atomic E-state index is 13.2. The molecule has 0 unspecified atom stereocenters. The van der Waals surface area contributed by atoms with Crippen LogP contribution in [0.1, 0.15) is 0 Å². The monoisotopic (exact) mass is 258 g/mol. The highest BCUT2D eigenvalue weighted by atomic mass is 35.5. The van der Waals surface area contributed by atoms with Crippen LogP contribution in [0.3, 0.4) is 0 Å². The number of rotatable bonds is 1. The van der Waals surface area contributed by atoms with Gasteiger partial charge < -0.3 is 0 Å². The second-order valence-corrected chi connectivity index (χ2v) is 3.87. The number of nitrogens with zero attached hydrogens (tertiary/aromatic N) is 1. The molecule has 0 radical (unpaired) electrons. The van der Waals surface area contributed by atoms with Gasteiger partial charge in [0.25, 0.3) is 5.56 Å². The van der Waals surface area contributed by atoms with E-state index in [0.717, 1.165) is 0 Å². The molecule has 0 atom stereocenters. The number of nitrogens with one attached hydrogen (secondary N) is 1. The summed E-state index contributed by atoms with van der Waals surface area (Å²) in [5, 5.41) is 6.20. The van der Waals surface area contributed by atoms with Crippen LogP contribution in [-0.4, -0.2) is 10.2 Å². The van der Waals surface area contributed by atoms with E-state index in [0.29, 0.717) is 11.3 Å². The Labute approximate surface area is 99.8 Å². The molecular formula is C10H5Cl2FN2O. The third-order valence-corrected chi connectivity index (χ3v) is 2.57. The van der Waals surface area contributed by atoms with Crippen molar-refractivity contribution in [1.82, 2.24) is 10.2 Å². The minimum atomic E-state index is -0.589. The van der Waals surface area contributed by atoms with Gasteiger partial charge in [-0.3, -0.25) is 4.79 Å². The van der Waals surface area contributed by atoms with Gasteiger partial charge in [0.1, 0.15) is 5.82 Å². The average Bonchev–Trinajstić information content (AvgIpc) is 2.25. The molecule has 2 aromatic rings. The summed E-state index contributed by atoms with van der Waals surface area (Å²) in [5.41, 5.74) is 0.411. The zero-order valence-corrected chi connectivity index (χ0v) is 9.31. The summed E-state index contributed by atoms with van der Waals surface area (Å²) in [6.45, 7) is 0. The van der Waals surface area contributed by atoms with E-state index >= 15 is 0 Å². The maximum absolute atomic E-state index is 13.2. The summed E-state index contributed by atoms with van der Waals surface area (Å²) in [6.07, 6.45) is 0. The second kappa shape index (κ2) is 4.23. The Balaban J connectivity index is 2.60. The van der Waals surface area contributed by atoms with Gasteiger partial charge in [0, 0.05) is 11.6 Å². The number of halogens is 3. The Morgan fingerprint density at radius 2 is 1.94 bits per heavy atom. The fourth-order valence-electron chi connectivity index (χ4n) is 1.21. The molecule has 0 amide bonds. The van der Waals surface area contributed by atoms with Crippen LogP contribution >= 0.6 is 23.2 Å². The molecule has 2 rings (SSSR count).